The van der Waals surface area contributed by atoms with E-state index in [4.69, 9.17) is 18.9 Å². The normalized spacial score (nSPS) is 35.1. The molecule has 0 radical (unpaired) electrons. The minimum absolute atomic E-state index is 0.00825. The van der Waals surface area contributed by atoms with Gasteiger partial charge >= 0.3 is 17.9 Å². The van der Waals surface area contributed by atoms with Crippen LogP contribution in [0.3, 0.4) is 0 Å². The van der Waals surface area contributed by atoms with Gasteiger partial charge in [0.05, 0.1) is 36.9 Å². The Morgan fingerprint density at radius 2 is 1.63 bits per heavy atom. The monoisotopic (exact) mass is 444 g/mol. The van der Waals surface area contributed by atoms with Gasteiger partial charge in [0, 0.05) is 36.2 Å². The summed E-state index contributed by atoms with van der Waals surface area (Å²) in [5.74, 6) is -1.94. The molecule has 10 heteroatoms. The maximum Gasteiger partial charge on any atom is 0.333 e. The van der Waals surface area contributed by atoms with Crippen LogP contribution < -0.4 is 0 Å². The van der Waals surface area contributed by atoms with Gasteiger partial charge in [0.25, 0.3) is 0 Å². The molecule has 0 aromatic rings. The van der Waals surface area contributed by atoms with Gasteiger partial charge in [-0.25, -0.2) is 13.2 Å². The maximum atomic E-state index is 12.9. The molecular formula is C20H28O9S. The van der Waals surface area contributed by atoms with E-state index in [9.17, 15) is 22.8 Å². The molecule has 2 bridgehead atoms. The molecule has 0 aromatic carbocycles. The Bertz CT molecular complexity index is 864. The fourth-order valence-corrected chi connectivity index (χ4v) is 8.35. The van der Waals surface area contributed by atoms with Gasteiger partial charge in [-0.2, -0.15) is 0 Å². The van der Waals surface area contributed by atoms with Crippen molar-refractivity contribution in [2.45, 2.75) is 45.0 Å². The van der Waals surface area contributed by atoms with Gasteiger partial charge in [-0.05, 0) is 19.8 Å². The lowest BCUT2D eigenvalue weighted by Gasteiger charge is -2.39. The first-order chi connectivity index (χ1) is 13.9. The quantitative estimate of drug-likeness (QED) is 0.220. The minimum atomic E-state index is -3.41. The predicted octanol–water partition coefficient (Wildman–Crippen LogP) is 0.811. The number of carbonyl (C=O) groups is 3. The van der Waals surface area contributed by atoms with Gasteiger partial charge in [0.1, 0.15) is 6.61 Å². The van der Waals surface area contributed by atoms with E-state index in [1.165, 1.54) is 20.8 Å². The van der Waals surface area contributed by atoms with Crippen molar-refractivity contribution in [3.63, 3.8) is 0 Å². The molecule has 0 N–H and O–H groups in total. The van der Waals surface area contributed by atoms with Crippen molar-refractivity contribution in [2.75, 3.05) is 32.2 Å². The fraction of sp³-hybridized carbons (Fsp3) is 0.750. The summed E-state index contributed by atoms with van der Waals surface area (Å²) < 4.78 is 47.4. The summed E-state index contributed by atoms with van der Waals surface area (Å²) in [6, 6.07) is 0. The maximum absolute atomic E-state index is 12.9. The van der Waals surface area contributed by atoms with E-state index in [1.54, 1.807) is 0 Å². The van der Waals surface area contributed by atoms with Crippen molar-refractivity contribution in [1.82, 2.24) is 0 Å². The van der Waals surface area contributed by atoms with Crippen molar-refractivity contribution in [1.29, 1.82) is 0 Å². The van der Waals surface area contributed by atoms with Crippen molar-refractivity contribution < 1.29 is 41.7 Å². The highest BCUT2D eigenvalue weighted by molar-refractivity contribution is 7.92. The van der Waals surface area contributed by atoms with E-state index >= 15 is 0 Å². The van der Waals surface area contributed by atoms with Crippen LogP contribution in [0.4, 0.5) is 0 Å². The van der Waals surface area contributed by atoms with E-state index in [1.807, 2.05) is 0 Å². The molecule has 30 heavy (non-hydrogen) atoms. The number of rotatable bonds is 9. The Kier molecular flexibility index (Phi) is 6.03. The second-order valence-corrected chi connectivity index (χ2v) is 10.9. The van der Waals surface area contributed by atoms with Gasteiger partial charge < -0.3 is 18.9 Å². The molecule has 3 fully saturated rings. The van der Waals surface area contributed by atoms with Gasteiger partial charge in [-0.1, -0.05) is 6.58 Å². The highest BCUT2D eigenvalue weighted by atomic mass is 32.2. The minimum Gasteiger partial charge on any atom is -0.465 e. The number of carbonyl (C=O) groups excluding carboxylic acids is 3. The van der Waals surface area contributed by atoms with Crippen molar-refractivity contribution in [3.8, 4) is 0 Å². The first-order valence-electron chi connectivity index (χ1n) is 9.86. The van der Waals surface area contributed by atoms with Crippen LogP contribution in [0.15, 0.2) is 12.2 Å². The smallest absolute Gasteiger partial charge is 0.333 e. The van der Waals surface area contributed by atoms with Crippen molar-refractivity contribution in [3.05, 3.63) is 12.2 Å². The Balaban J connectivity index is 1.83. The molecule has 5 atom stereocenters. The summed E-state index contributed by atoms with van der Waals surface area (Å²) in [6.45, 7) is 7.71. The molecule has 1 heterocycles. The zero-order valence-electron chi connectivity index (χ0n) is 17.5. The predicted molar refractivity (Wildman–Crippen MR) is 104 cm³/mol. The number of sulfone groups is 1. The van der Waals surface area contributed by atoms with E-state index in [2.05, 4.69) is 6.58 Å². The molecule has 2 aliphatic carbocycles. The van der Waals surface area contributed by atoms with E-state index in [-0.39, 0.29) is 44.2 Å². The third-order valence-electron chi connectivity index (χ3n) is 6.54. The van der Waals surface area contributed by atoms with Crippen LogP contribution in [0.25, 0.3) is 0 Å². The lowest BCUT2D eigenvalue weighted by molar-refractivity contribution is -0.154. The van der Waals surface area contributed by atoms with Crippen LogP contribution >= 0.6 is 0 Å². The standard InChI is InChI=1S/C20H28O9S/c1-12(2)18(23)27-6-5-26-17-15-8-30(24,25)16-7-19(17,10-28-13(3)21)9-20(15,16)11-29-14(4)22/h15-17H,1,5-11H2,2-4H3. The zero-order valence-corrected chi connectivity index (χ0v) is 18.3. The largest absolute Gasteiger partial charge is 0.465 e. The van der Waals surface area contributed by atoms with Gasteiger partial charge in [0.2, 0.25) is 0 Å². The molecule has 3 rings (SSSR count). The summed E-state index contributed by atoms with van der Waals surface area (Å²) >= 11 is 0. The van der Waals surface area contributed by atoms with Gasteiger partial charge in [-0.3, -0.25) is 9.59 Å². The second kappa shape index (κ2) is 7.96. The summed E-state index contributed by atoms with van der Waals surface area (Å²) in [5, 5.41) is -0.661. The van der Waals surface area contributed by atoms with Crippen LogP contribution in [-0.4, -0.2) is 69.9 Å². The lowest BCUT2D eigenvalue weighted by atomic mass is 9.73. The van der Waals surface area contributed by atoms with E-state index < -0.39 is 55.8 Å². The van der Waals surface area contributed by atoms with Gasteiger partial charge in [0.15, 0.2) is 9.84 Å². The third kappa shape index (κ3) is 3.87. The molecule has 0 amide bonds. The van der Waals surface area contributed by atoms with Crippen LogP contribution in [0.2, 0.25) is 0 Å². The number of esters is 3. The fourth-order valence-electron chi connectivity index (χ4n) is 5.48. The first kappa shape index (κ1) is 22.7. The lowest BCUT2D eigenvalue weighted by Crippen LogP contribution is -2.47. The zero-order chi connectivity index (χ0) is 22.3. The number of ether oxygens (including phenoxy) is 4. The Morgan fingerprint density at radius 1 is 1.00 bits per heavy atom. The number of hydrogen-bond donors (Lipinski definition) is 0. The SMILES string of the molecule is C=C(C)C(=O)OCCOC1C2CS(=O)(=O)C3CC1(COC(C)=O)CC23COC(C)=O. The average molecular weight is 445 g/mol. The summed E-state index contributed by atoms with van der Waals surface area (Å²) in [7, 11) is -3.41. The molecule has 1 saturated heterocycles. The molecule has 3 aliphatic rings. The summed E-state index contributed by atoms with van der Waals surface area (Å²) in [4.78, 5) is 34.5. The number of hydrogen-bond acceptors (Lipinski definition) is 9. The van der Waals surface area contributed by atoms with Crippen LogP contribution in [0, 0.1) is 16.7 Å². The highest BCUT2D eigenvalue weighted by Gasteiger charge is 2.77. The molecular weight excluding hydrogens is 416 g/mol. The van der Waals surface area contributed by atoms with E-state index in [0.29, 0.717) is 6.42 Å². The Hall–Kier alpha value is -1.94. The molecule has 9 nitrogen and oxygen atoms in total. The van der Waals surface area contributed by atoms with Crippen LogP contribution in [0.1, 0.15) is 33.6 Å². The van der Waals surface area contributed by atoms with Crippen molar-refractivity contribution in [2.24, 2.45) is 16.7 Å². The molecule has 168 valence electrons. The van der Waals surface area contributed by atoms with Crippen molar-refractivity contribution >= 4 is 27.7 Å². The summed E-state index contributed by atoms with van der Waals surface area (Å²) in [6.07, 6.45) is 0.173. The second-order valence-electron chi connectivity index (χ2n) is 8.67. The van der Waals surface area contributed by atoms with Crippen LogP contribution in [-0.2, 0) is 43.2 Å². The number of fused-ring (bicyclic) bond motifs is 1. The average Bonchev–Trinajstić information content (AvgIpc) is 3.16. The highest BCUT2D eigenvalue weighted by Crippen LogP contribution is 2.70. The Morgan fingerprint density at radius 3 is 2.23 bits per heavy atom. The molecule has 0 aromatic heterocycles. The topological polar surface area (TPSA) is 122 Å². The Labute approximate surface area is 176 Å². The molecule has 1 aliphatic heterocycles. The van der Waals surface area contributed by atoms with Gasteiger partial charge in [-0.15, -0.1) is 0 Å². The molecule has 0 spiro atoms. The first-order valence-corrected chi connectivity index (χ1v) is 11.6. The van der Waals surface area contributed by atoms with Crippen LogP contribution in [0.5, 0.6) is 0 Å². The molecule has 5 unspecified atom stereocenters. The molecule has 2 saturated carbocycles. The van der Waals surface area contributed by atoms with E-state index in [0.717, 1.165) is 0 Å². The summed E-state index contributed by atoms with van der Waals surface area (Å²) in [5.41, 5.74) is -1.18. The third-order valence-corrected chi connectivity index (χ3v) is 8.86.